The van der Waals surface area contributed by atoms with Crippen molar-refractivity contribution < 1.29 is 14.5 Å². The summed E-state index contributed by atoms with van der Waals surface area (Å²) < 4.78 is 1.36. The topological polar surface area (TPSA) is 119 Å². The summed E-state index contributed by atoms with van der Waals surface area (Å²) in [5.74, 6) is -0.213. The second kappa shape index (κ2) is 9.00. The molecule has 0 aliphatic carbocycles. The highest BCUT2D eigenvalue weighted by molar-refractivity contribution is 5.87. The van der Waals surface area contributed by atoms with Gasteiger partial charge in [-0.05, 0) is 59.1 Å². The molecule has 1 rings (SSSR count). The first-order valence-corrected chi connectivity index (χ1v) is 8.67. The second-order valence-electron chi connectivity index (χ2n) is 7.36. The quantitative estimate of drug-likeness (QED) is 0.326. The fraction of sp³-hybridized carbons (Fsp3) is 0.706. The van der Waals surface area contributed by atoms with E-state index in [0.29, 0.717) is 13.1 Å². The van der Waals surface area contributed by atoms with Crippen molar-refractivity contribution in [3.63, 3.8) is 0 Å². The summed E-state index contributed by atoms with van der Waals surface area (Å²) in [5, 5.41) is 17.2. The van der Waals surface area contributed by atoms with Gasteiger partial charge in [0.1, 0.15) is 18.2 Å². The molecule has 0 saturated heterocycles. The standard InChI is InChI=1S/C17H29N5O4/c1-13(23)16(2,3)19-8-6-9-20-17(4,5)14(24)7-11-21-12-10-18-15(21)22(25)26/h10,12,19-20H,6-9,11H2,1-5H3. The van der Waals surface area contributed by atoms with Crippen LogP contribution in [0.5, 0.6) is 0 Å². The lowest BCUT2D eigenvalue weighted by atomic mass is 9.96. The number of ketones is 2. The van der Waals surface area contributed by atoms with Crippen LogP contribution in [0.15, 0.2) is 12.4 Å². The monoisotopic (exact) mass is 367 g/mol. The first-order valence-electron chi connectivity index (χ1n) is 8.67. The predicted octanol–water partition coefficient (Wildman–Crippen LogP) is 1.47. The number of nitro groups is 1. The van der Waals surface area contributed by atoms with Gasteiger partial charge in [-0.3, -0.25) is 9.59 Å². The molecule has 0 radical (unpaired) electrons. The number of Topliss-reactive ketones (excluding diaryl/α,β-unsaturated/α-hetero) is 2. The van der Waals surface area contributed by atoms with Crippen molar-refractivity contribution in [2.24, 2.45) is 0 Å². The zero-order valence-electron chi connectivity index (χ0n) is 16.2. The van der Waals surface area contributed by atoms with E-state index in [1.807, 2.05) is 13.8 Å². The number of carbonyl (C=O) groups is 2. The fourth-order valence-electron chi connectivity index (χ4n) is 2.30. The van der Waals surface area contributed by atoms with Crippen LogP contribution < -0.4 is 10.6 Å². The molecule has 1 aromatic rings. The first-order chi connectivity index (χ1) is 12.0. The number of carbonyl (C=O) groups excluding carboxylic acids is 2. The summed E-state index contributed by atoms with van der Waals surface area (Å²) in [4.78, 5) is 37.8. The van der Waals surface area contributed by atoms with Crippen LogP contribution in [0, 0.1) is 10.1 Å². The maximum atomic E-state index is 12.4. The van der Waals surface area contributed by atoms with E-state index in [-0.39, 0.29) is 30.5 Å². The van der Waals surface area contributed by atoms with Gasteiger partial charge in [-0.15, -0.1) is 0 Å². The molecule has 0 aliphatic heterocycles. The van der Waals surface area contributed by atoms with Gasteiger partial charge in [0.15, 0.2) is 5.78 Å². The molecule has 1 aromatic heterocycles. The van der Waals surface area contributed by atoms with Crippen molar-refractivity contribution in [2.75, 3.05) is 13.1 Å². The Labute approximate surface area is 153 Å². The molecule has 9 heteroatoms. The minimum atomic E-state index is -0.731. The Morgan fingerprint density at radius 3 is 2.31 bits per heavy atom. The Kier molecular flexibility index (Phi) is 7.58. The van der Waals surface area contributed by atoms with Crippen LogP contribution in [0.4, 0.5) is 5.95 Å². The molecule has 9 nitrogen and oxygen atoms in total. The summed E-state index contributed by atoms with van der Waals surface area (Å²) in [6.07, 6.45) is 3.78. The van der Waals surface area contributed by atoms with Crippen LogP contribution in [-0.2, 0) is 16.1 Å². The second-order valence-corrected chi connectivity index (χ2v) is 7.36. The van der Waals surface area contributed by atoms with E-state index in [4.69, 9.17) is 0 Å². The first kappa shape index (κ1) is 21.9. The number of aromatic nitrogens is 2. The van der Waals surface area contributed by atoms with Gasteiger partial charge >= 0.3 is 5.95 Å². The predicted molar refractivity (Wildman–Crippen MR) is 98.0 cm³/mol. The van der Waals surface area contributed by atoms with Gasteiger partial charge in [-0.25, -0.2) is 4.57 Å². The summed E-state index contributed by atoms with van der Waals surface area (Å²) in [5.41, 5.74) is -1.28. The Balaban J connectivity index is 2.40. The molecular weight excluding hydrogens is 338 g/mol. The van der Waals surface area contributed by atoms with Crippen LogP contribution >= 0.6 is 0 Å². The van der Waals surface area contributed by atoms with Gasteiger partial charge in [-0.1, -0.05) is 4.98 Å². The SMILES string of the molecule is CC(=O)C(C)(C)NCCCNC(C)(C)C(=O)CCn1ccnc1[N+](=O)[O-]. The highest BCUT2D eigenvalue weighted by Crippen LogP contribution is 2.12. The minimum absolute atomic E-state index is 0.0301. The molecule has 0 spiro atoms. The van der Waals surface area contributed by atoms with Crippen molar-refractivity contribution in [3.8, 4) is 0 Å². The van der Waals surface area contributed by atoms with Gasteiger partial charge in [-0.2, -0.15) is 0 Å². The smallest absolute Gasteiger partial charge is 0.390 e. The lowest BCUT2D eigenvalue weighted by molar-refractivity contribution is -0.396. The molecule has 26 heavy (non-hydrogen) atoms. The van der Waals surface area contributed by atoms with E-state index < -0.39 is 16.0 Å². The van der Waals surface area contributed by atoms with Crippen molar-refractivity contribution in [1.82, 2.24) is 20.2 Å². The van der Waals surface area contributed by atoms with E-state index in [2.05, 4.69) is 15.6 Å². The van der Waals surface area contributed by atoms with E-state index in [0.717, 1.165) is 6.42 Å². The highest BCUT2D eigenvalue weighted by Gasteiger charge is 2.27. The van der Waals surface area contributed by atoms with Crippen molar-refractivity contribution >= 4 is 17.5 Å². The normalized spacial score (nSPS) is 12.2. The third-order valence-corrected chi connectivity index (χ3v) is 4.50. The number of hydrogen-bond acceptors (Lipinski definition) is 7. The maximum absolute atomic E-state index is 12.4. The van der Waals surface area contributed by atoms with Crippen molar-refractivity contribution in [2.45, 2.75) is 65.1 Å². The minimum Gasteiger partial charge on any atom is -0.390 e. The summed E-state index contributed by atoms with van der Waals surface area (Å²) >= 11 is 0. The lowest BCUT2D eigenvalue weighted by Gasteiger charge is -2.26. The van der Waals surface area contributed by atoms with Gasteiger partial charge < -0.3 is 20.7 Å². The molecule has 0 atom stereocenters. The van der Waals surface area contributed by atoms with Crippen molar-refractivity contribution in [1.29, 1.82) is 0 Å². The van der Waals surface area contributed by atoms with Crippen LogP contribution in [0.2, 0.25) is 0 Å². The Hall–Kier alpha value is -2.13. The fourth-order valence-corrected chi connectivity index (χ4v) is 2.30. The molecule has 0 bridgehead atoms. The summed E-state index contributed by atoms with van der Waals surface area (Å²) in [6.45, 7) is 10.3. The molecule has 0 saturated carbocycles. The van der Waals surface area contributed by atoms with Crippen LogP contribution in [0.25, 0.3) is 0 Å². The van der Waals surface area contributed by atoms with E-state index in [9.17, 15) is 19.7 Å². The highest BCUT2D eigenvalue weighted by atomic mass is 16.6. The summed E-state index contributed by atoms with van der Waals surface area (Å²) in [7, 11) is 0. The van der Waals surface area contributed by atoms with E-state index in [1.54, 1.807) is 20.8 Å². The van der Waals surface area contributed by atoms with Gasteiger partial charge in [0.2, 0.25) is 0 Å². The molecule has 146 valence electrons. The van der Waals surface area contributed by atoms with Gasteiger partial charge in [0.05, 0.1) is 17.6 Å². The average molecular weight is 367 g/mol. The molecule has 1 heterocycles. The van der Waals surface area contributed by atoms with Crippen molar-refractivity contribution in [3.05, 3.63) is 22.5 Å². The number of aryl methyl sites for hydroxylation is 1. The molecule has 0 aromatic carbocycles. The number of nitrogens with zero attached hydrogens (tertiary/aromatic N) is 3. The zero-order valence-corrected chi connectivity index (χ0v) is 16.2. The molecule has 0 fully saturated rings. The van der Waals surface area contributed by atoms with Crippen LogP contribution in [0.3, 0.4) is 0 Å². The molecule has 0 amide bonds. The number of nitrogens with one attached hydrogen (secondary N) is 2. The number of hydrogen-bond donors (Lipinski definition) is 2. The number of imidazole rings is 1. The molecule has 2 N–H and O–H groups in total. The Morgan fingerprint density at radius 1 is 1.19 bits per heavy atom. The maximum Gasteiger partial charge on any atom is 0.434 e. The molecule has 0 aliphatic rings. The average Bonchev–Trinajstić information content (AvgIpc) is 3.00. The van der Waals surface area contributed by atoms with Gasteiger partial charge in [0.25, 0.3) is 0 Å². The molecular formula is C17H29N5O4. The zero-order chi connectivity index (χ0) is 20.0. The lowest BCUT2D eigenvalue weighted by Crippen LogP contribution is -2.49. The third-order valence-electron chi connectivity index (χ3n) is 4.50. The van der Waals surface area contributed by atoms with Gasteiger partial charge in [0, 0.05) is 6.42 Å². The number of rotatable bonds is 12. The largest absolute Gasteiger partial charge is 0.434 e. The van der Waals surface area contributed by atoms with Crippen LogP contribution in [0.1, 0.15) is 47.5 Å². The van der Waals surface area contributed by atoms with E-state index in [1.165, 1.54) is 17.0 Å². The third kappa shape index (κ3) is 6.30. The summed E-state index contributed by atoms with van der Waals surface area (Å²) in [6, 6.07) is 0. The van der Waals surface area contributed by atoms with E-state index >= 15 is 0 Å². The molecule has 0 unspecified atom stereocenters. The Morgan fingerprint density at radius 2 is 1.77 bits per heavy atom. The Bertz CT molecular complexity index is 651. The van der Waals surface area contributed by atoms with Crippen LogP contribution in [-0.4, -0.2) is 50.2 Å².